The van der Waals surface area contributed by atoms with E-state index in [0.29, 0.717) is 5.75 Å². The predicted octanol–water partition coefficient (Wildman–Crippen LogP) is 4.25. The van der Waals surface area contributed by atoms with Gasteiger partial charge in [-0.25, -0.2) is 0 Å². The average molecular weight is 334 g/mol. The molecule has 0 amide bonds. The number of nitrogen functional groups attached to an aromatic ring is 2. The molecule has 1 aromatic carbocycles. The summed E-state index contributed by atoms with van der Waals surface area (Å²) in [5, 5.41) is 9.51. The van der Waals surface area contributed by atoms with E-state index in [0.717, 1.165) is 30.6 Å². The lowest BCUT2D eigenvalue weighted by atomic mass is 9.71. The molecule has 0 bridgehead atoms. The van der Waals surface area contributed by atoms with E-state index in [2.05, 4.69) is 6.92 Å². The molecule has 24 heavy (non-hydrogen) atoms. The molecule has 0 aromatic heterocycles. The first-order chi connectivity index (χ1) is 11.5. The van der Waals surface area contributed by atoms with Gasteiger partial charge in [0, 0.05) is 0 Å². The van der Waals surface area contributed by atoms with Crippen molar-refractivity contribution in [3.05, 3.63) is 12.1 Å². The first-order valence-electron chi connectivity index (χ1n) is 9.24. The van der Waals surface area contributed by atoms with Crippen molar-refractivity contribution in [2.75, 3.05) is 11.5 Å². The molecule has 134 valence electrons. The van der Waals surface area contributed by atoms with E-state index in [1.165, 1.54) is 44.6 Å². The maximum atomic E-state index is 9.51. The lowest BCUT2D eigenvalue weighted by Gasteiger charge is -2.36. The van der Waals surface area contributed by atoms with Gasteiger partial charge in [-0.05, 0) is 68.4 Å². The normalized spacial score (nSPS) is 30.9. The number of phenols is 1. The molecule has 0 unspecified atom stereocenters. The highest BCUT2D eigenvalue weighted by Crippen LogP contribution is 2.41. The first kappa shape index (κ1) is 17.2. The molecule has 5 N–H and O–H groups in total. The molecule has 2 aliphatic rings. The van der Waals surface area contributed by atoms with Crippen LogP contribution in [0.15, 0.2) is 12.1 Å². The van der Waals surface area contributed by atoms with E-state index in [-0.39, 0.29) is 23.2 Å². The minimum Gasteiger partial charge on any atom is -0.506 e. The van der Waals surface area contributed by atoms with Crippen LogP contribution in [0.1, 0.15) is 58.3 Å². The summed E-state index contributed by atoms with van der Waals surface area (Å²) in [5.41, 5.74) is 11.9. The molecule has 5 heteroatoms. The largest absolute Gasteiger partial charge is 0.506 e. The van der Waals surface area contributed by atoms with Crippen molar-refractivity contribution in [2.24, 2.45) is 17.8 Å². The fourth-order valence-electron chi connectivity index (χ4n) is 4.21. The van der Waals surface area contributed by atoms with Crippen LogP contribution in [-0.2, 0) is 4.89 Å². The number of benzene rings is 1. The number of hydrogen-bond donors (Lipinski definition) is 3. The highest BCUT2D eigenvalue weighted by atomic mass is 17.2. The minimum absolute atomic E-state index is 0.0397. The van der Waals surface area contributed by atoms with Crippen LogP contribution in [0.25, 0.3) is 0 Å². The molecule has 0 heterocycles. The third-order valence-corrected chi connectivity index (χ3v) is 5.94. The molecule has 2 saturated carbocycles. The van der Waals surface area contributed by atoms with Crippen molar-refractivity contribution in [3.63, 3.8) is 0 Å². The van der Waals surface area contributed by atoms with Gasteiger partial charge in [0.1, 0.15) is 23.2 Å². The predicted molar refractivity (Wildman–Crippen MR) is 95.5 cm³/mol. The first-order valence-corrected chi connectivity index (χ1v) is 9.24. The highest BCUT2D eigenvalue weighted by molar-refractivity contribution is 5.76. The Hall–Kier alpha value is -1.62. The topological polar surface area (TPSA) is 90.7 Å². The highest BCUT2D eigenvalue weighted by Gasteiger charge is 2.30. The number of phenolic OH excluding ortho intramolecular Hbond substituents is 1. The molecule has 5 nitrogen and oxygen atoms in total. The van der Waals surface area contributed by atoms with E-state index in [1.54, 1.807) is 6.07 Å². The molecule has 0 radical (unpaired) electrons. The summed E-state index contributed by atoms with van der Waals surface area (Å²) < 4.78 is 0. The molecule has 1 aromatic rings. The van der Waals surface area contributed by atoms with Gasteiger partial charge in [0.05, 0.1) is 0 Å². The third-order valence-electron chi connectivity index (χ3n) is 5.94. The van der Waals surface area contributed by atoms with Crippen LogP contribution in [0.5, 0.6) is 11.5 Å². The standard InChI is InChI=1S/C19H30N2O3/c1-12-2-4-13(5-3-12)14-6-8-15(9-7-14)23-24-17-11-10-16(22)18(20)19(17)21/h10-15,22H,2-9,20-21H2,1H3. The quantitative estimate of drug-likeness (QED) is 0.331. The second-order valence-electron chi connectivity index (χ2n) is 7.65. The lowest BCUT2D eigenvalue weighted by molar-refractivity contribution is -0.252. The Balaban J connectivity index is 1.45. The van der Waals surface area contributed by atoms with Gasteiger partial charge in [0.2, 0.25) is 0 Å². The van der Waals surface area contributed by atoms with Gasteiger partial charge in [-0.1, -0.05) is 19.8 Å². The summed E-state index contributed by atoms with van der Waals surface area (Å²) in [6, 6.07) is 3.04. The molecule has 0 saturated heterocycles. The van der Waals surface area contributed by atoms with Gasteiger partial charge in [-0.15, -0.1) is 0 Å². The van der Waals surface area contributed by atoms with Crippen molar-refractivity contribution in [1.82, 2.24) is 0 Å². The zero-order valence-corrected chi connectivity index (χ0v) is 14.5. The Morgan fingerprint density at radius 2 is 1.46 bits per heavy atom. The fourth-order valence-corrected chi connectivity index (χ4v) is 4.21. The van der Waals surface area contributed by atoms with Crippen molar-refractivity contribution in [3.8, 4) is 11.5 Å². The van der Waals surface area contributed by atoms with E-state index >= 15 is 0 Å². The van der Waals surface area contributed by atoms with E-state index in [9.17, 15) is 5.11 Å². The summed E-state index contributed by atoms with van der Waals surface area (Å²) in [6.45, 7) is 2.38. The van der Waals surface area contributed by atoms with Crippen molar-refractivity contribution >= 4 is 11.4 Å². The second kappa shape index (κ2) is 7.51. The van der Waals surface area contributed by atoms with E-state index in [1.807, 2.05) is 0 Å². The Bertz CT molecular complexity index is 548. The fraction of sp³-hybridized carbons (Fsp3) is 0.684. The van der Waals surface area contributed by atoms with Crippen LogP contribution in [0.2, 0.25) is 0 Å². The molecule has 0 spiro atoms. The lowest BCUT2D eigenvalue weighted by Crippen LogP contribution is -2.29. The van der Waals surface area contributed by atoms with E-state index in [4.69, 9.17) is 21.2 Å². The van der Waals surface area contributed by atoms with Gasteiger partial charge < -0.3 is 21.5 Å². The minimum atomic E-state index is -0.0397. The van der Waals surface area contributed by atoms with Crippen LogP contribution in [0.4, 0.5) is 11.4 Å². The third kappa shape index (κ3) is 3.89. The van der Waals surface area contributed by atoms with Crippen LogP contribution >= 0.6 is 0 Å². The number of hydrogen-bond acceptors (Lipinski definition) is 5. The van der Waals surface area contributed by atoms with Gasteiger partial charge in [0.25, 0.3) is 0 Å². The van der Waals surface area contributed by atoms with Crippen molar-refractivity contribution < 1.29 is 14.9 Å². The van der Waals surface area contributed by atoms with Crippen molar-refractivity contribution in [1.29, 1.82) is 0 Å². The molecule has 0 atom stereocenters. The Morgan fingerprint density at radius 1 is 0.875 bits per heavy atom. The molecule has 2 aliphatic carbocycles. The molecular weight excluding hydrogens is 304 g/mol. The maximum Gasteiger partial charge on any atom is 0.190 e. The maximum absolute atomic E-state index is 9.51. The van der Waals surface area contributed by atoms with Gasteiger partial charge >= 0.3 is 0 Å². The van der Waals surface area contributed by atoms with Gasteiger partial charge in [-0.2, -0.15) is 4.89 Å². The molecule has 0 aliphatic heterocycles. The zero-order chi connectivity index (χ0) is 17.1. The summed E-state index contributed by atoms with van der Waals surface area (Å²) in [4.78, 5) is 11.0. The summed E-state index contributed by atoms with van der Waals surface area (Å²) in [5.74, 6) is 3.01. The van der Waals surface area contributed by atoms with Crippen LogP contribution in [0.3, 0.4) is 0 Å². The average Bonchev–Trinajstić information content (AvgIpc) is 2.60. The van der Waals surface area contributed by atoms with Crippen LogP contribution in [0, 0.1) is 17.8 Å². The van der Waals surface area contributed by atoms with Gasteiger partial charge in [0.15, 0.2) is 5.75 Å². The van der Waals surface area contributed by atoms with Crippen LogP contribution < -0.4 is 16.4 Å². The molecular formula is C19H30N2O3. The monoisotopic (exact) mass is 334 g/mol. The van der Waals surface area contributed by atoms with Crippen molar-refractivity contribution in [2.45, 2.75) is 64.4 Å². The smallest absolute Gasteiger partial charge is 0.190 e. The SMILES string of the molecule is CC1CCC(C2CCC(OOc3ccc(O)c(N)c3N)CC2)CC1. The number of nitrogens with two attached hydrogens (primary N) is 2. The Labute approximate surface area is 144 Å². The number of aromatic hydroxyl groups is 1. The summed E-state index contributed by atoms with van der Waals surface area (Å²) in [7, 11) is 0. The summed E-state index contributed by atoms with van der Waals surface area (Å²) >= 11 is 0. The number of anilines is 2. The second-order valence-corrected chi connectivity index (χ2v) is 7.65. The van der Waals surface area contributed by atoms with Gasteiger partial charge in [-0.3, -0.25) is 0 Å². The Morgan fingerprint density at radius 3 is 2.08 bits per heavy atom. The summed E-state index contributed by atoms with van der Waals surface area (Å²) in [6.07, 6.45) is 10.2. The molecule has 2 fully saturated rings. The van der Waals surface area contributed by atoms with E-state index < -0.39 is 0 Å². The molecule has 3 rings (SSSR count). The Kier molecular flexibility index (Phi) is 5.39. The number of rotatable bonds is 4. The van der Waals surface area contributed by atoms with Crippen LogP contribution in [-0.4, -0.2) is 11.2 Å². The zero-order valence-electron chi connectivity index (χ0n) is 14.5.